The van der Waals surface area contributed by atoms with Crippen molar-refractivity contribution in [1.82, 2.24) is 20.4 Å². The summed E-state index contributed by atoms with van der Waals surface area (Å²) in [4.78, 5) is 9.03. The number of hydrogen-bond donors (Lipinski definition) is 2. The van der Waals surface area contributed by atoms with Crippen molar-refractivity contribution in [2.75, 3.05) is 53.4 Å². The van der Waals surface area contributed by atoms with E-state index in [1.807, 2.05) is 13.1 Å². The fourth-order valence-corrected chi connectivity index (χ4v) is 3.13. The molecule has 1 heterocycles. The number of ether oxygens (including phenoxy) is 1. The maximum atomic E-state index is 13.9. The first-order chi connectivity index (χ1) is 12.8. The van der Waals surface area contributed by atoms with Crippen molar-refractivity contribution >= 4 is 29.9 Å². The van der Waals surface area contributed by atoms with Crippen LogP contribution in [0.1, 0.15) is 26.3 Å². The molecule has 160 valence electrons. The summed E-state index contributed by atoms with van der Waals surface area (Å²) in [7, 11) is 3.31. The summed E-state index contributed by atoms with van der Waals surface area (Å²) in [6.07, 6.45) is 0. The smallest absolute Gasteiger partial charge is 0.193 e. The van der Waals surface area contributed by atoms with Gasteiger partial charge in [-0.15, -0.1) is 24.0 Å². The van der Waals surface area contributed by atoms with Crippen molar-refractivity contribution < 1.29 is 9.13 Å². The van der Waals surface area contributed by atoms with Crippen LogP contribution in [0, 0.1) is 5.82 Å². The minimum absolute atomic E-state index is 0. The Morgan fingerprint density at radius 3 is 2.39 bits per heavy atom. The minimum atomic E-state index is -0.304. The molecule has 0 bridgehead atoms. The molecule has 0 aliphatic carbocycles. The first-order valence-electron chi connectivity index (χ1n) is 9.58. The number of benzene rings is 1. The van der Waals surface area contributed by atoms with Gasteiger partial charge in [-0.1, -0.05) is 6.07 Å². The van der Waals surface area contributed by atoms with Gasteiger partial charge in [-0.2, -0.15) is 0 Å². The van der Waals surface area contributed by atoms with Crippen LogP contribution >= 0.6 is 24.0 Å². The van der Waals surface area contributed by atoms with E-state index in [1.54, 1.807) is 12.1 Å². The molecule has 1 aromatic rings. The normalized spacial score (nSPS) is 15.9. The van der Waals surface area contributed by atoms with Crippen LogP contribution in [0.15, 0.2) is 23.2 Å². The molecule has 28 heavy (non-hydrogen) atoms. The number of hydrogen-bond acceptors (Lipinski definition) is 4. The zero-order valence-electron chi connectivity index (χ0n) is 17.7. The van der Waals surface area contributed by atoms with Crippen LogP contribution in [0.4, 0.5) is 4.39 Å². The van der Waals surface area contributed by atoms with Gasteiger partial charge in [0.1, 0.15) is 0 Å². The number of piperazine rings is 1. The zero-order valence-corrected chi connectivity index (χ0v) is 20.0. The molecule has 0 aromatic heterocycles. The molecular formula is C20H35FIN5O. The third kappa shape index (κ3) is 8.08. The van der Waals surface area contributed by atoms with Crippen molar-refractivity contribution in [3.63, 3.8) is 0 Å². The lowest BCUT2D eigenvalue weighted by Gasteiger charge is -2.36. The van der Waals surface area contributed by atoms with Crippen LogP contribution in [0.25, 0.3) is 0 Å². The molecule has 2 N–H and O–H groups in total. The standard InChI is InChI=1S/C20H34FN5O.HI/c1-20(2,3)24-9-8-23-19(22-4)26-12-10-25(11-13-26)15-16-6-7-18(27-5)17(21)14-16;/h6-7,14,24H,8-13,15H2,1-5H3,(H,22,23);1H. The fourth-order valence-electron chi connectivity index (χ4n) is 3.13. The van der Waals surface area contributed by atoms with E-state index in [-0.39, 0.29) is 35.3 Å². The molecule has 6 nitrogen and oxygen atoms in total. The molecule has 1 aliphatic rings. The molecule has 1 aromatic carbocycles. The molecule has 0 spiro atoms. The SMILES string of the molecule is CN=C(NCCNC(C)(C)C)N1CCN(Cc2ccc(OC)c(F)c2)CC1.I. The van der Waals surface area contributed by atoms with Crippen molar-refractivity contribution in [1.29, 1.82) is 0 Å². The van der Waals surface area contributed by atoms with Gasteiger partial charge in [0.2, 0.25) is 0 Å². The van der Waals surface area contributed by atoms with Crippen molar-refractivity contribution in [2.24, 2.45) is 4.99 Å². The Kier molecular flexibility index (Phi) is 10.5. The summed E-state index contributed by atoms with van der Waals surface area (Å²) in [5, 5.41) is 6.90. The molecule has 1 saturated heterocycles. The summed E-state index contributed by atoms with van der Waals surface area (Å²) in [6, 6.07) is 5.18. The van der Waals surface area contributed by atoms with E-state index in [4.69, 9.17) is 4.74 Å². The van der Waals surface area contributed by atoms with Gasteiger partial charge in [-0.05, 0) is 38.5 Å². The van der Waals surface area contributed by atoms with Gasteiger partial charge in [0.05, 0.1) is 7.11 Å². The number of aliphatic imine (C=N–C) groups is 1. The van der Waals surface area contributed by atoms with Crippen molar-refractivity contribution in [3.8, 4) is 5.75 Å². The van der Waals surface area contributed by atoms with Crippen molar-refractivity contribution in [3.05, 3.63) is 29.6 Å². The zero-order chi connectivity index (χ0) is 19.9. The molecule has 0 atom stereocenters. The number of methoxy groups -OCH3 is 1. The van der Waals surface area contributed by atoms with Gasteiger partial charge in [0, 0.05) is 58.4 Å². The molecule has 8 heteroatoms. The van der Waals surface area contributed by atoms with E-state index < -0.39 is 0 Å². The van der Waals surface area contributed by atoms with Crippen LogP contribution in [-0.2, 0) is 6.54 Å². The van der Waals surface area contributed by atoms with E-state index >= 15 is 0 Å². The van der Waals surface area contributed by atoms with Crippen LogP contribution in [0.3, 0.4) is 0 Å². The van der Waals surface area contributed by atoms with Gasteiger partial charge in [0.15, 0.2) is 17.5 Å². The Hall–Kier alpha value is -1.13. The van der Waals surface area contributed by atoms with E-state index in [9.17, 15) is 4.39 Å². The molecule has 0 radical (unpaired) electrons. The number of guanidine groups is 1. The Bertz CT molecular complexity index is 628. The van der Waals surface area contributed by atoms with E-state index in [1.165, 1.54) is 7.11 Å². The maximum Gasteiger partial charge on any atom is 0.193 e. The van der Waals surface area contributed by atoms with Crippen LogP contribution in [-0.4, -0.2) is 74.7 Å². The highest BCUT2D eigenvalue weighted by Crippen LogP contribution is 2.19. The summed E-state index contributed by atoms with van der Waals surface area (Å²) in [5.41, 5.74) is 1.09. The monoisotopic (exact) mass is 507 g/mol. The maximum absolute atomic E-state index is 13.9. The molecule has 0 saturated carbocycles. The van der Waals surface area contributed by atoms with E-state index in [0.717, 1.165) is 57.3 Å². The summed E-state index contributed by atoms with van der Waals surface area (Å²) >= 11 is 0. The lowest BCUT2D eigenvalue weighted by Crippen LogP contribution is -2.53. The Labute approximate surface area is 185 Å². The quantitative estimate of drug-likeness (QED) is 0.268. The van der Waals surface area contributed by atoms with Crippen molar-refractivity contribution in [2.45, 2.75) is 32.9 Å². The number of nitrogens with zero attached hydrogens (tertiary/aromatic N) is 3. The van der Waals surface area contributed by atoms with E-state index in [0.29, 0.717) is 5.75 Å². The largest absolute Gasteiger partial charge is 0.494 e. The van der Waals surface area contributed by atoms with Crippen LogP contribution in [0.2, 0.25) is 0 Å². The Balaban J connectivity index is 0.00000392. The van der Waals surface area contributed by atoms with Gasteiger partial charge in [-0.3, -0.25) is 9.89 Å². The number of halogens is 2. The molecule has 1 fully saturated rings. The molecule has 0 unspecified atom stereocenters. The predicted octanol–water partition coefficient (Wildman–Crippen LogP) is 2.53. The van der Waals surface area contributed by atoms with Gasteiger partial charge in [0.25, 0.3) is 0 Å². The van der Waals surface area contributed by atoms with Gasteiger partial charge < -0.3 is 20.3 Å². The number of nitrogens with one attached hydrogen (secondary N) is 2. The average molecular weight is 507 g/mol. The second-order valence-corrected chi connectivity index (χ2v) is 7.88. The molecule has 0 amide bonds. The lowest BCUT2D eigenvalue weighted by atomic mass is 10.1. The highest BCUT2D eigenvalue weighted by Gasteiger charge is 2.20. The van der Waals surface area contributed by atoms with Crippen LogP contribution < -0.4 is 15.4 Å². The van der Waals surface area contributed by atoms with Gasteiger partial charge >= 0.3 is 0 Å². The molecule has 1 aliphatic heterocycles. The third-order valence-electron chi connectivity index (χ3n) is 4.57. The van der Waals surface area contributed by atoms with Gasteiger partial charge in [-0.25, -0.2) is 4.39 Å². The average Bonchev–Trinajstić information content (AvgIpc) is 2.62. The summed E-state index contributed by atoms with van der Waals surface area (Å²) < 4.78 is 18.8. The first kappa shape index (κ1) is 24.9. The fraction of sp³-hybridized carbons (Fsp3) is 0.650. The highest BCUT2D eigenvalue weighted by atomic mass is 127. The second kappa shape index (κ2) is 11.8. The highest BCUT2D eigenvalue weighted by molar-refractivity contribution is 14.0. The lowest BCUT2D eigenvalue weighted by molar-refractivity contribution is 0.172. The topological polar surface area (TPSA) is 52.1 Å². The Morgan fingerprint density at radius 2 is 1.86 bits per heavy atom. The summed E-state index contributed by atoms with van der Waals surface area (Å²) in [5.74, 6) is 0.933. The molecule has 2 rings (SSSR count). The third-order valence-corrected chi connectivity index (χ3v) is 4.57. The second-order valence-electron chi connectivity index (χ2n) is 7.88. The van der Waals surface area contributed by atoms with Crippen LogP contribution in [0.5, 0.6) is 5.75 Å². The predicted molar refractivity (Wildman–Crippen MR) is 124 cm³/mol. The van der Waals surface area contributed by atoms with E-state index in [2.05, 4.69) is 46.2 Å². The number of rotatable bonds is 6. The molecular weight excluding hydrogens is 472 g/mol. The summed E-state index contributed by atoms with van der Waals surface area (Å²) in [6.45, 7) is 12.6. The first-order valence-corrected chi connectivity index (χ1v) is 9.58. The minimum Gasteiger partial charge on any atom is -0.494 e. The Morgan fingerprint density at radius 1 is 1.18 bits per heavy atom.